The summed E-state index contributed by atoms with van der Waals surface area (Å²) in [7, 11) is 2.08. The Balaban J connectivity index is 1.59. The highest BCUT2D eigenvalue weighted by molar-refractivity contribution is 5.82. The van der Waals surface area contributed by atoms with Crippen molar-refractivity contribution >= 4 is 11.0 Å². The molecule has 0 bridgehead atoms. The Hall–Kier alpha value is -2.99. The molecular formula is C22H24NO5+. The van der Waals surface area contributed by atoms with E-state index in [1.54, 1.807) is 6.07 Å². The van der Waals surface area contributed by atoms with Crippen LogP contribution in [0, 0.1) is 0 Å². The highest BCUT2D eigenvalue weighted by atomic mass is 16.6. The van der Waals surface area contributed by atoms with E-state index in [1.807, 2.05) is 31.2 Å². The molecule has 0 amide bonds. The molecule has 1 aromatic heterocycles. The Morgan fingerprint density at radius 1 is 1.00 bits per heavy atom. The van der Waals surface area contributed by atoms with Crippen molar-refractivity contribution in [3.05, 3.63) is 63.5 Å². The first-order valence-corrected chi connectivity index (χ1v) is 9.52. The summed E-state index contributed by atoms with van der Waals surface area (Å²) >= 11 is 0. The highest BCUT2D eigenvalue weighted by Crippen LogP contribution is 2.30. The number of hydrogen-bond acceptors (Lipinski definition) is 5. The number of aryl methyl sites for hydroxylation is 1. The van der Waals surface area contributed by atoms with E-state index in [4.69, 9.17) is 13.9 Å². The molecule has 2 N–H and O–H groups in total. The van der Waals surface area contributed by atoms with Crippen molar-refractivity contribution < 1.29 is 23.9 Å². The first-order valence-electron chi connectivity index (χ1n) is 9.52. The summed E-state index contributed by atoms with van der Waals surface area (Å²) in [6.45, 7) is 4.56. The molecule has 1 atom stereocenters. The van der Waals surface area contributed by atoms with Gasteiger partial charge < -0.3 is 23.9 Å². The van der Waals surface area contributed by atoms with Crippen LogP contribution in [0.2, 0.25) is 0 Å². The fraction of sp³-hybridized carbons (Fsp3) is 0.318. The van der Waals surface area contributed by atoms with Gasteiger partial charge in [-0.15, -0.1) is 0 Å². The number of hydrogen-bond donors (Lipinski definition) is 2. The Labute approximate surface area is 162 Å². The van der Waals surface area contributed by atoms with Crippen LogP contribution >= 0.6 is 0 Å². The van der Waals surface area contributed by atoms with Crippen LogP contribution in [-0.2, 0) is 19.5 Å². The summed E-state index contributed by atoms with van der Waals surface area (Å²) in [5.41, 5.74) is 2.91. The Bertz CT molecular complexity index is 1070. The van der Waals surface area contributed by atoms with Crippen LogP contribution in [0.3, 0.4) is 0 Å². The molecule has 0 saturated carbocycles. The molecule has 0 spiro atoms. The molecule has 1 aliphatic rings. The van der Waals surface area contributed by atoms with E-state index in [-0.39, 0.29) is 5.75 Å². The minimum atomic E-state index is -0.404. The highest BCUT2D eigenvalue weighted by Gasteiger charge is 2.16. The molecular weight excluding hydrogens is 358 g/mol. The zero-order valence-electron chi connectivity index (χ0n) is 16.1. The topological polar surface area (TPSA) is 73.3 Å². The van der Waals surface area contributed by atoms with Crippen molar-refractivity contribution in [3.8, 4) is 17.2 Å². The number of ether oxygens (including phenoxy) is 2. The number of quaternary nitrogens is 1. The second-order valence-electron chi connectivity index (χ2n) is 7.21. The van der Waals surface area contributed by atoms with Gasteiger partial charge in [-0.25, -0.2) is 4.79 Å². The van der Waals surface area contributed by atoms with Crippen LogP contribution in [0.1, 0.15) is 23.6 Å². The summed E-state index contributed by atoms with van der Waals surface area (Å²) in [6, 6.07) is 11.0. The second-order valence-corrected chi connectivity index (χ2v) is 7.21. The summed E-state index contributed by atoms with van der Waals surface area (Å²) in [6.07, 6.45) is 0.709. The predicted molar refractivity (Wildman–Crippen MR) is 105 cm³/mol. The minimum Gasteiger partial charge on any atom is -0.508 e. The average molecular weight is 382 g/mol. The zero-order valence-corrected chi connectivity index (χ0v) is 16.1. The number of nitrogens with one attached hydrogen (secondary N) is 1. The maximum Gasteiger partial charge on any atom is 0.336 e. The first-order chi connectivity index (χ1) is 13.5. The fourth-order valence-electron chi connectivity index (χ4n) is 3.67. The molecule has 3 aromatic rings. The summed E-state index contributed by atoms with van der Waals surface area (Å²) in [4.78, 5) is 13.2. The lowest BCUT2D eigenvalue weighted by atomic mass is 10.0. The third-order valence-corrected chi connectivity index (χ3v) is 5.02. The van der Waals surface area contributed by atoms with Gasteiger partial charge in [0.1, 0.15) is 37.6 Å². The maximum absolute atomic E-state index is 12.0. The van der Waals surface area contributed by atoms with E-state index in [0.29, 0.717) is 31.8 Å². The largest absolute Gasteiger partial charge is 0.508 e. The van der Waals surface area contributed by atoms with E-state index in [2.05, 4.69) is 7.05 Å². The van der Waals surface area contributed by atoms with Gasteiger partial charge in [-0.2, -0.15) is 0 Å². The molecule has 0 aliphatic carbocycles. The van der Waals surface area contributed by atoms with Crippen molar-refractivity contribution in [2.45, 2.75) is 26.4 Å². The summed E-state index contributed by atoms with van der Waals surface area (Å²) in [5, 5.41) is 10.9. The van der Waals surface area contributed by atoms with Crippen LogP contribution < -0.4 is 20.0 Å². The van der Waals surface area contributed by atoms with E-state index in [0.717, 1.165) is 40.1 Å². The number of fused-ring (bicyclic) bond motifs is 2. The van der Waals surface area contributed by atoms with Crippen molar-refractivity contribution in [3.63, 3.8) is 0 Å². The smallest absolute Gasteiger partial charge is 0.336 e. The number of benzene rings is 2. The molecule has 4 rings (SSSR count). The minimum absolute atomic E-state index is 0.160. The molecule has 2 aromatic carbocycles. The second kappa shape index (κ2) is 7.56. The normalized spacial score (nSPS) is 14.2. The van der Waals surface area contributed by atoms with Crippen molar-refractivity contribution in [1.82, 2.24) is 0 Å². The van der Waals surface area contributed by atoms with Crippen molar-refractivity contribution in [2.24, 2.45) is 0 Å². The van der Waals surface area contributed by atoms with Gasteiger partial charge in [-0.3, -0.25) is 0 Å². The average Bonchev–Trinajstić information content (AvgIpc) is 2.67. The van der Waals surface area contributed by atoms with Gasteiger partial charge in [-0.05, 0) is 36.2 Å². The van der Waals surface area contributed by atoms with E-state index in [1.165, 1.54) is 11.0 Å². The standard InChI is InChI=1S/C22H23NO5/c1-3-15-9-17-16(10-22(25)28-20(17)11-18(15)24)13-23(2)12-14-4-5-19-21(8-14)27-7-6-26-19/h4-5,8-11,24H,3,6-7,12-13H2,1-2H3/p+1. The number of phenolic OH excluding ortho intramolecular Hbond substituents is 1. The van der Waals surface area contributed by atoms with Gasteiger partial charge >= 0.3 is 5.63 Å². The quantitative estimate of drug-likeness (QED) is 0.661. The fourth-order valence-corrected chi connectivity index (χ4v) is 3.67. The van der Waals surface area contributed by atoms with Crippen molar-refractivity contribution in [2.75, 3.05) is 20.3 Å². The van der Waals surface area contributed by atoms with E-state index < -0.39 is 5.63 Å². The monoisotopic (exact) mass is 382 g/mol. The van der Waals surface area contributed by atoms with Crippen LogP contribution in [0.15, 0.2) is 45.6 Å². The van der Waals surface area contributed by atoms with Crippen LogP contribution in [0.4, 0.5) is 0 Å². The zero-order chi connectivity index (χ0) is 19.7. The summed E-state index contributed by atoms with van der Waals surface area (Å²) < 4.78 is 16.5. The molecule has 146 valence electrons. The Morgan fingerprint density at radius 3 is 2.57 bits per heavy atom. The molecule has 0 radical (unpaired) electrons. The first kappa shape index (κ1) is 18.4. The van der Waals surface area contributed by atoms with Gasteiger partial charge in [0.05, 0.1) is 7.05 Å². The van der Waals surface area contributed by atoms with Crippen LogP contribution in [0.5, 0.6) is 17.2 Å². The molecule has 2 heterocycles. The third-order valence-electron chi connectivity index (χ3n) is 5.02. The Kier molecular flexibility index (Phi) is 4.96. The lowest BCUT2D eigenvalue weighted by Crippen LogP contribution is -3.06. The van der Waals surface area contributed by atoms with Crippen molar-refractivity contribution in [1.29, 1.82) is 0 Å². The SMILES string of the molecule is CCc1cc2c(C[NH+](C)Cc3ccc4c(c3)OCCO4)cc(=O)oc2cc1O. The molecule has 1 unspecified atom stereocenters. The van der Waals surface area contributed by atoms with Gasteiger partial charge in [0, 0.05) is 28.6 Å². The van der Waals surface area contributed by atoms with Gasteiger partial charge in [0.2, 0.25) is 0 Å². The van der Waals surface area contributed by atoms with Gasteiger partial charge in [-0.1, -0.05) is 6.92 Å². The molecule has 6 heteroatoms. The Morgan fingerprint density at radius 2 is 1.79 bits per heavy atom. The molecule has 28 heavy (non-hydrogen) atoms. The number of phenols is 1. The molecule has 1 aliphatic heterocycles. The van der Waals surface area contributed by atoms with Gasteiger partial charge in [0.15, 0.2) is 11.5 Å². The lowest BCUT2D eigenvalue weighted by Gasteiger charge is -2.20. The molecule has 0 fully saturated rings. The molecule has 0 saturated heterocycles. The van der Waals surface area contributed by atoms with E-state index in [9.17, 15) is 9.90 Å². The lowest BCUT2D eigenvalue weighted by molar-refractivity contribution is -0.907. The molecule has 6 nitrogen and oxygen atoms in total. The van der Waals surface area contributed by atoms with E-state index >= 15 is 0 Å². The third kappa shape index (κ3) is 3.68. The number of aromatic hydroxyl groups is 1. The summed E-state index contributed by atoms with van der Waals surface area (Å²) in [5.74, 6) is 1.73. The van der Waals surface area contributed by atoms with Gasteiger partial charge in [0.25, 0.3) is 0 Å². The van der Waals surface area contributed by atoms with Crippen LogP contribution in [-0.4, -0.2) is 25.4 Å². The predicted octanol–water partition coefficient (Wildman–Crippen LogP) is 2.05. The maximum atomic E-state index is 12.0. The van der Waals surface area contributed by atoms with Crippen LogP contribution in [0.25, 0.3) is 11.0 Å². The number of rotatable bonds is 5.